The van der Waals surface area contributed by atoms with E-state index in [1.165, 1.54) is 0 Å². The van der Waals surface area contributed by atoms with Crippen molar-refractivity contribution >= 4 is 17.3 Å². The summed E-state index contributed by atoms with van der Waals surface area (Å²) in [6.07, 6.45) is -0.0278. The first-order chi connectivity index (χ1) is 8.58. The maximum Gasteiger partial charge on any atom is 0.307 e. The lowest BCUT2D eigenvalue weighted by Gasteiger charge is -2.10. The number of carbonyl (C=O) groups is 1. The van der Waals surface area contributed by atoms with Gasteiger partial charge in [0.15, 0.2) is 0 Å². The Labute approximate surface area is 105 Å². The van der Waals surface area contributed by atoms with Crippen molar-refractivity contribution in [2.75, 3.05) is 11.5 Å². The summed E-state index contributed by atoms with van der Waals surface area (Å²) in [5.41, 5.74) is 15.3. The van der Waals surface area contributed by atoms with Gasteiger partial charge in [0.1, 0.15) is 0 Å². The predicted molar refractivity (Wildman–Crippen MR) is 72.0 cm³/mol. The molecule has 5 N–H and O–H groups in total. The van der Waals surface area contributed by atoms with Crippen molar-refractivity contribution in [2.45, 2.75) is 6.42 Å². The van der Waals surface area contributed by atoms with Gasteiger partial charge >= 0.3 is 5.97 Å². The average Bonchev–Trinajstić information content (AvgIpc) is 2.32. The van der Waals surface area contributed by atoms with Crippen LogP contribution in [0.5, 0.6) is 0 Å². The number of benzene rings is 2. The van der Waals surface area contributed by atoms with E-state index in [0.29, 0.717) is 16.9 Å². The highest BCUT2D eigenvalue weighted by Gasteiger charge is 2.08. The van der Waals surface area contributed by atoms with Crippen molar-refractivity contribution in [1.29, 1.82) is 0 Å². The number of rotatable bonds is 3. The van der Waals surface area contributed by atoms with Crippen molar-refractivity contribution in [3.05, 3.63) is 48.0 Å². The summed E-state index contributed by atoms with van der Waals surface area (Å²) in [5.74, 6) is -0.869. The van der Waals surface area contributed by atoms with Gasteiger partial charge in [-0.15, -0.1) is 0 Å². The first-order valence-corrected chi connectivity index (χ1v) is 5.53. The van der Waals surface area contributed by atoms with Crippen LogP contribution in [0.2, 0.25) is 0 Å². The molecule has 4 heteroatoms. The molecule has 0 aliphatic carbocycles. The van der Waals surface area contributed by atoms with Gasteiger partial charge in [0.2, 0.25) is 0 Å². The minimum atomic E-state index is -0.869. The number of nitrogens with two attached hydrogens (primary N) is 2. The Bertz CT molecular complexity index is 594. The van der Waals surface area contributed by atoms with Crippen LogP contribution < -0.4 is 11.5 Å². The molecule has 0 aromatic heterocycles. The van der Waals surface area contributed by atoms with E-state index >= 15 is 0 Å². The minimum Gasteiger partial charge on any atom is -0.481 e. The monoisotopic (exact) mass is 242 g/mol. The van der Waals surface area contributed by atoms with Gasteiger partial charge in [0.05, 0.1) is 6.42 Å². The highest BCUT2D eigenvalue weighted by molar-refractivity contribution is 5.85. The lowest BCUT2D eigenvalue weighted by molar-refractivity contribution is -0.136. The van der Waals surface area contributed by atoms with E-state index in [9.17, 15) is 4.79 Å². The molecule has 0 heterocycles. The van der Waals surface area contributed by atoms with Crippen molar-refractivity contribution in [1.82, 2.24) is 0 Å². The standard InChI is InChI=1S/C14H14N2O2/c15-12-4-2-1-3-10(12)11-7-9(8-14(17)18)5-6-13(11)16/h1-7H,8,15-16H2,(H,17,18). The maximum absolute atomic E-state index is 10.7. The molecule has 2 rings (SSSR count). The summed E-state index contributed by atoms with van der Waals surface area (Å²) < 4.78 is 0. The Morgan fingerprint density at radius 1 is 1.00 bits per heavy atom. The van der Waals surface area contributed by atoms with Crippen molar-refractivity contribution < 1.29 is 9.90 Å². The van der Waals surface area contributed by atoms with Crippen LogP contribution in [0.15, 0.2) is 42.5 Å². The SMILES string of the molecule is Nc1ccccc1-c1cc(CC(=O)O)ccc1N. The molecule has 0 unspecified atom stereocenters. The zero-order chi connectivity index (χ0) is 13.1. The van der Waals surface area contributed by atoms with E-state index in [4.69, 9.17) is 16.6 Å². The van der Waals surface area contributed by atoms with Crippen LogP contribution >= 0.6 is 0 Å². The van der Waals surface area contributed by atoms with Crippen molar-refractivity contribution in [2.24, 2.45) is 0 Å². The van der Waals surface area contributed by atoms with Crippen LogP contribution in [0.4, 0.5) is 11.4 Å². The fourth-order valence-corrected chi connectivity index (χ4v) is 1.86. The Balaban J connectivity index is 2.50. The highest BCUT2D eigenvalue weighted by atomic mass is 16.4. The molecule has 0 saturated heterocycles. The molecule has 0 aliphatic rings. The Kier molecular flexibility index (Phi) is 3.19. The third-order valence-electron chi connectivity index (χ3n) is 2.72. The molecule has 0 fully saturated rings. The molecule has 2 aromatic carbocycles. The summed E-state index contributed by atoms with van der Waals surface area (Å²) in [6, 6.07) is 12.6. The molecular weight excluding hydrogens is 228 g/mol. The molecule has 18 heavy (non-hydrogen) atoms. The van der Waals surface area contributed by atoms with E-state index < -0.39 is 5.97 Å². The molecule has 0 spiro atoms. The molecule has 0 amide bonds. The number of nitrogen functional groups attached to an aromatic ring is 2. The van der Waals surface area contributed by atoms with Gasteiger partial charge < -0.3 is 16.6 Å². The van der Waals surface area contributed by atoms with Crippen LogP contribution in [0.25, 0.3) is 11.1 Å². The fourth-order valence-electron chi connectivity index (χ4n) is 1.86. The molecule has 92 valence electrons. The van der Waals surface area contributed by atoms with Gasteiger partial charge in [-0.3, -0.25) is 4.79 Å². The second kappa shape index (κ2) is 4.79. The second-order valence-corrected chi connectivity index (χ2v) is 4.08. The zero-order valence-corrected chi connectivity index (χ0v) is 9.76. The lowest BCUT2D eigenvalue weighted by atomic mass is 9.98. The lowest BCUT2D eigenvalue weighted by Crippen LogP contribution is -2.01. The fraction of sp³-hybridized carbons (Fsp3) is 0.0714. The topological polar surface area (TPSA) is 89.3 Å². The largest absolute Gasteiger partial charge is 0.481 e. The summed E-state index contributed by atoms with van der Waals surface area (Å²) in [6.45, 7) is 0. The third-order valence-corrected chi connectivity index (χ3v) is 2.72. The number of carboxylic acids is 1. The minimum absolute atomic E-state index is 0.0278. The van der Waals surface area contributed by atoms with Gasteiger partial charge in [-0.25, -0.2) is 0 Å². The second-order valence-electron chi connectivity index (χ2n) is 4.08. The molecule has 4 nitrogen and oxygen atoms in total. The predicted octanol–water partition coefficient (Wildman–Crippen LogP) is 2.15. The Morgan fingerprint density at radius 3 is 2.33 bits per heavy atom. The first-order valence-electron chi connectivity index (χ1n) is 5.53. The molecule has 0 aliphatic heterocycles. The zero-order valence-electron chi connectivity index (χ0n) is 9.76. The van der Waals surface area contributed by atoms with E-state index in [2.05, 4.69) is 0 Å². The molecular formula is C14H14N2O2. The molecule has 2 aromatic rings. The number of aliphatic carboxylic acids is 1. The summed E-state index contributed by atoms with van der Waals surface area (Å²) in [4.78, 5) is 10.7. The average molecular weight is 242 g/mol. The Hall–Kier alpha value is -2.49. The van der Waals surface area contributed by atoms with Crippen LogP contribution in [0.3, 0.4) is 0 Å². The van der Waals surface area contributed by atoms with Gasteiger partial charge in [-0.2, -0.15) is 0 Å². The summed E-state index contributed by atoms with van der Waals surface area (Å²) in [7, 11) is 0. The van der Waals surface area contributed by atoms with Crippen LogP contribution in [-0.4, -0.2) is 11.1 Å². The van der Waals surface area contributed by atoms with Crippen LogP contribution in [0.1, 0.15) is 5.56 Å². The van der Waals surface area contributed by atoms with Gasteiger partial charge in [0, 0.05) is 22.5 Å². The van der Waals surface area contributed by atoms with E-state index in [-0.39, 0.29) is 6.42 Å². The van der Waals surface area contributed by atoms with Crippen LogP contribution in [0, 0.1) is 0 Å². The summed E-state index contributed by atoms with van der Waals surface area (Å²) >= 11 is 0. The van der Waals surface area contributed by atoms with E-state index in [1.807, 2.05) is 18.2 Å². The molecule has 0 saturated carbocycles. The highest BCUT2D eigenvalue weighted by Crippen LogP contribution is 2.31. The number of hydrogen-bond acceptors (Lipinski definition) is 3. The maximum atomic E-state index is 10.7. The Morgan fingerprint density at radius 2 is 1.67 bits per heavy atom. The third kappa shape index (κ3) is 2.43. The van der Waals surface area contributed by atoms with Crippen molar-refractivity contribution in [3.63, 3.8) is 0 Å². The van der Waals surface area contributed by atoms with Gasteiger partial charge in [-0.1, -0.05) is 24.3 Å². The van der Waals surface area contributed by atoms with Gasteiger partial charge in [-0.05, 0) is 23.8 Å². The number of para-hydroxylation sites is 1. The first kappa shape index (κ1) is 12.0. The number of hydrogen-bond donors (Lipinski definition) is 3. The van der Waals surface area contributed by atoms with Crippen molar-refractivity contribution in [3.8, 4) is 11.1 Å². The van der Waals surface area contributed by atoms with Gasteiger partial charge in [0.25, 0.3) is 0 Å². The number of carboxylic acid groups (broad SMARTS) is 1. The molecule has 0 bridgehead atoms. The normalized spacial score (nSPS) is 10.2. The molecule has 0 radical (unpaired) electrons. The van der Waals surface area contributed by atoms with Crippen LogP contribution in [-0.2, 0) is 11.2 Å². The smallest absolute Gasteiger partial charge is 0.307 e. The van der Waals surface area contributed by atoms with E-state index in [0.717, 1.165) is 11.1 Å². The molecule has 0 atom stereocenters. The van der Waals surface area contributed by atoms with E-state index in [1.54, 1.807) is 24.3 Å². The number of anilines is 2. The summed E-state index contributed by atoms with van der Waals surface area (Å²) in [5, 5.41) is 8.80. The quantitative estimate of drug-likeness (QED) is 0.719.